The Balaban J connectivity index is 1.14. The molecule has 0 atom stereocenters. The number of benzene rings is 7. The van der Waals surface area contributed by atoms with Crippen molar-refractivity contribution in [3.05, 3.63) is 182 Å². The fraction of sp³-hybridized carbons (Fsp3) is 0. The van der Waals surface area contributed by atoms with Gasteiger partial charge in [0.15, 0.2) is 0 Å². The van der Waals surface area contributed by atoms with E-state index >= 15 is 0 Å². The van der Waals surface area contributed by atoms with Crippen LogP contribution in [0.2, 0.25) is 0 Å². The van der Waals surface area contributed by atoms with Gasteiger partial charge in [-0.1, -0.05) is 103 Å². The highest BCUT2D eigenvalue weighted by molar-refractivity contribution is 6.26. The zero-order valence-electron chi connectivity index (χ0n) is 27.6. The summed E-state index contributed by atoms with van der Waals surface area (Å²) >= 11 is 0. The largest absolute Gasteiger partial charge is 0.309 e. The molecule has 0 aliphatic rings. The van der Waals surface area contributed by atoms with Crippen molar-refractivity contribution in [1.29, 1.82) is 0 Å². The van der Waals surface area contributed by atoms with Crippen LogP contribution in [-0.4, -0.2) is 18.7 Å². The van der Waals surface area contributed by atoms with Crippen molar-refractivity contribution >= 4 is 65.4 Å². The van der Waals surface area contributed by atoms with Crippen LogP contribution in [0.4, 0.5) is 0 Å². The minimum Gasteiger partial charge on any atom is -0.309 e. The van der Waals surface area contributed by atoms with Gasteiger partial charge < -0.3 is 13.7 Å². The number of aromatic nitrogens is 4. The lowest BCUT2D eigenvalue weighted by Gasteiger charge is -2.13. The first kappa shape index (κ1) is 28.0. The molecular weight excluding hydrogens is 621 g/mol. The molecule has 11 aromatic rings. The van der Waals surface area contributed by atoms with Crippen molar-refractivity contribution in [3.8, 4) is 28.2 Å². The first-order valence-corrected chi connectivity index (χ1v) is 17.4. The van der Waals surface area contributed by atoms with Crippen molar-refractivity contribution in [2.24, 2.45) is 0 Å². The van der Waals surface area contributed by atoms with Gasteiger partial charge in [0, 0.05) is 61.8 Å². The number of fused-ring (bicyclic) bond motifs is 10. The Morgan fingerprint density at radius 3 is 1.57 bits per heavy atom. The van der Waals surface area contributed by atoms with Gasteiger partial charge >= 0.3 is 0 Å². The second kappa shape index (κ2) is 10.8. The third-order valence-electron chi connectivity index (χ3n) is 10.5. The molecule has 51 heavy (non-hydrogen) atoms. The molecular formula is C47H30N4. The Kier molecular flexibility index (Phi) is 5.92. The molecule has 0 radical (unpaired) electrons. The molecule has 0 unspecified atom stereocenters. The van der Waals surface area contributed by atoms with Gasteiger partial charge in [-0.2, -0.15) is 0 Å². The first-order chi connectivity index (χ1) is 25.3. The van der Waals surface area contributed by atoms with Crippen molar-refractivity contribution in [3.63, 3.8) is 0 Å². The van der Waals surface area contributed by atoms with Crippen LogP contribution in [0.25, 0.3) is 93.6 Å². The van der Waals surface area contributed by atoms with E-state index in [1.54, 1.807) is 0 Å². The third-order valence-corrected chi connectivity index (χ3v) is 10.5. The summed E-state index contributed by atoms with van der Waals surface area (Å²) in [7, 11) is 0. The van der Waals surface area contributed by atoms with E-state index in [9.17, 15) is 0 Å². The molecule has 0 aliphatic heterocycles. The van der Waals surface area contributed by atoms with Gasteiger partial charge in [0.1, 0.15) is 0 Å². The molecule has 0 bridgehead atoms. The summed E-state index contributed by atoms with van der Waals surface area (Å²) < 4.78 is 7.23. The Hall–Kier alpha value is -6.91. The molecule has 0 spiro atoms. The highest BCUT2D eigenvalue weighted by Crippen LogP contribution is 2.42. The maximum absolute atomic E-state index is 4.44. The van der Waals surface area contributed by atoms with Gasteiger partial charge in [-0.25, -0.2) is 0 Å². The molecule has 11 rings (SSSR count). The van der Waals surface area contributed by atoms with E-state index in [1.165, 1.54) is 65.6 Å². The number of nitrogens with zero attached hydrogens (tertiary/aromatic N) is 4. The number of pyridine rings is 1. The fourth-order valence-corrected chi connectivity index (χ4v) is 8.38. The van der Waals surface area contributed by atoms with E-state index in [1.807, 2.05) is 12.4 Å². The summed E-state index contributed by atoms with van der Waals surface area (Å²) in [5.74, 6) is 0. The van der Waals surface area contributed by atoms with Crippen LogP contribution in [-0.2, 0) is 0 Å². The van der Waals surface area contributed by atoms with E-state index in [0.717, 1.165) is 28.0 Å². The SMILES string of the molecule is c1ccc(-n2c3ccccc3c3ccc4c(c5ccccc5n4-c4cccc(-c5cccc(-n6c7ccccc7c7cnccc76)c5)c4)c32)cc1. The van der Waals surface area contributed by atoms with Crippen molar-refractivity contribution < 1.29 is 0 Å². The molecule has 0 amide bonds. The van der Waals surface area contributed by atoms with E-state index in [4.69, 9.17) is 0 Å². The number of hydrogen-bond acceptors (Lipinski definition) is 1. The Labute approximate surface area is 293 Å². The van der Waals surface area contributed by atoms with Crippen LogP contribution in [0.3, 0.4) is 0 Å². The molecule has 0 aliphatic carbocycles. The lowest BCUT2D eigenvalue weighted by atomic mass is 10.0. The maximum Gasteiger partial charge on any atom is 0.0641 e. The highest BCUT2D eigenvalue weighted by Gasteiger charge is 2.21. The minimum absolute atomic E-state index is 1.13. The van der Waals surface area contributed by atoms with Crippen LogP contribution in [0.15, 0.2) is 182 Å². The minimum atomic E-state index is 1.13. The molecule has 7 aromatic carbocycles. The third kappa shape index (κ3) is 4.05. The number of para-hydroxylation sites is 4. The number of rotatable bonds is 4. The lowest BCUT2D eigenvalue weighted by molar-refractivity contribution is 1.17. The van der Waals surface area contributed by atoms with Crippen LogP contribution < -0.4 is 0 Å². The van der Waals surface area contributed by atoms with Gasteiger partial charge in [0.2, 0.25) is 0 Å². The lowest BCUT2D eigenvalue weighted by Crippen LogP contribution is -1.96. The molecule has 0 N–H and O–H groups in total. The van der Waals surface area contributed by atoms with Crippen molar-refractivity contribution in [1.82, 2.24) is 18.7 Å². The predicted molar refractivity (Wildman–Crippen MR) is 213 cm³/mol. The van der Waals surface area contributed by atoms with Gasteiger partial charge in [0.25, 0.3) is 0 Å². The van der Waals surface area contributed by atoms with Gasteiger partial charge in [-0.15, -0.1) is 0 Å². The first-order valence-electron chi connectivity index (χ1n) is 17.4. The second-order valence-corrected chi connectivity index (χ2v) is 13.2. The Bertz CT molecular complexity index is 3090. The zero-order chi connectivity index (χ0) is 33.5. The molecule has 4 aromatic heterocycles. The quantitative estimate of drug-likeness (QED) is 0.186. The molecule has 238 valence electrons. The van der Waals surface area contributed by atoms with Gasteiger partial charge in [-0.05, 0) is 77.9 Å². The van der Waals surface area contributed by atoms with E-state index in [2.05, 4.69) is 189 Å². The van der Waals surface area contributed by atoms with E-state index < -0.39 is 0 Å². The average molecular weight is 651 g/mol. The van der Waals surface area contributed by atoms with Crippen LogP contribution in [0.5, 0.6) is 0 Å². The van der Waals surface area contributed by atoms with Crippen LogP contribution >= 0.6 is 0 Å². The van der Waals surface area contributed by atoms with Crippen LogP contribution in [0, 0.1) is 0 Å². The zero-order valence-corrected chi connectivity index (χ0v) is 27.6. The normalized spacial score (nSPS) is 11.9. The summed E-state index contributed by atoms with van der Waals surface area (Å²) in [4.78, 5) is 4.44. The molecule has 0 saturated carbocycles. The molecule has 0 fully saturated rings. The smallest absolute Gasteiger partial charge is 0.0641 e. The molecule has 0 saturated heterocycles. The van der Waals surface area contributed by atoms with Gasteiger partial charge in [0.05, 0.1) is 33.1 Å². The Morgan fingerprint density at radius 2 is 0.863 bits per heavy atom. The molecule has 4 heteroatoms. The summed E-state index contributed by atoms with van der Waals surface area (Å²) in [6.45, 7) is 0. The summed E-state index contributed by atoms with van der Waals surface area (Å²) in [5, 5.41) is 7.39. The maximum atomic E-state index is 4.44. The predicted octanol–water partition coefficient (Wildman–Crippen LogP) is 12.0. The van der Waals surface area contributed by atoms with E-state index in [-0.39, 0.29) is 0 Å². The summed E-state index contributed by atoms with van der Waals surface area (Å²) in [5.41, 5.74) is 12.9. The standard InChI is InChI=1S/C47H30N4/c1-2-14-33(15-3-1)51-42-22-8-4-18-36(42)38-24-25-45-46(47(38)51)39-20-6-9-23-43(39)50(45)35-17-11-13-32(29-35)31-12-10-16-34(28-31)49-41-21-7-5-19-37(41)40-30-48-27-26-44(40)49/h1-30H. The Morgan fingerprint density at radius 1 is 0.333 bits per heavy atom. The summed E-state index contributed by atoms with van der Waals surface area (Å²) in [6.07, 6.45) is 3.85. The molecule has 4 heterocycles. The van der Waals surface area contributed by atoms with Gasteiger partial charge in [-0.3, -0.25) is 4.98 Å². The monoisotopic (exact) mass is 650 g/mol. The average Bonchev–Trinajstić information content (AvgIpc) is 3.84. The van der Waals surface area contributed by atoms with Crippen molar-refractivity contribution in [2.45, 2.75) is 0 Å². The summed E-state index contributed by atoms with van der Waals surface area (Å²) in [6, 6.07) is 61.5. The molecule has 4 nitrogen and oxygen atoms in total. The van der Waals surface area contributed by atoms with Crippen LogP contribution in [0.1, 0.15) is 0 Å². The number of hydrogen-bond donors (Lipinski definition) is 0. The fourth-order valence-electron chi connectivity index (χ4n) is 8.38. The second-order valence-electron chi connectivity index (χ2n) is 13.2. The van der Waals surface area contributed by atoms with Crippen molar-refractivity contribution in [2.75, 3.05) is 0 Å². The topological polar surface area (TPSA) is 27.7 Å². The van der Waals surface area contributed by atoms with E-state index in [0.29, 0.717) is 0 Å². The highest BCUT2D eigenvalue weighted by atomic mass is 15.0.